The number of anilines is 1. The summed E-state index contributed by atoms with van der Waals surface area (Å²) in [5, 5.41) is 9.20. The number of nitrogens with zero attached hydrogens (tertiary/aromatic N) is 3. The molecule has 1 aliphatic heterocycles. The normalized spacial score (nSPS) is 17.0. The molecule has 1 saturated heterocycles. The van der Waals surface area contributed by atoms with Crippen molar-refractivity contribution in [2.24, 2.45) is 0 Å². The number of likely N-dealkylation sites (tertiary alicyclic amines) is 1. The van der Waals surface area contributed by atoms with Crippen molar-refractivity contribution in [3.63, 3.8) is 0 Å². The monoisotopic (exact) mass is 399 g/mol. The number of hydrogen-bond acceptors (Lipinski definition) is 6. The number of carbonyl (C=O) groups is 3. The molecule has 9 nitrogen and oxygen atoms in total. The van der Waals surface area contributed by atoms with Crippen LogP contribution in [0, 0.1) is 6.92 Å². The van der Waals surface area contributed by atoms with Gasteiger partial charge in [-0.2, -0.15) is 4.98 Å². The Morgan fingerprint density at radius 3 is 2.66 bits per heavy atom. The number of nitrogens with one attached hydrogen (secondary N) is 2. The minimum Gasteiger partial charge on any atom is -0.337 e. The first-order chi connectivity index (χ1) is 14.0. The van der Waals surface area contributed by atoms with E-state index in [1.807, 2.05) is 0 Å². The molecule has 0 bridgehead atoms. The number of hydrogen-bond donors (Lipinski definition) is 2. The molecule has 2 heterocycles. The van der Waals surface area contributed by atoms with Crippen LogP contribution in [0.3, 0.4) is 0 Å². The van der Waals surface area contributed by atoms with Crippen LogP contribution in [-0.4, -0.2) is 45.3 Å². The second kappa shape index (κ2) is 9.31. The molecule has 1 aliphatic rings. The number of carbonyl (C=O) groups excluding carboxylic acids is 3. The minimum absolute atomic E-state index is 0.0431. The Morgan fingerprint density at radius 1 is 1.24 bits per heavy atom. The molecule has 0 unspecified atom stereocenters. The van der Waals surface area contributed by atoms with E-state index in [9.17, 15) is 14.4 Å². The first-order valence-electron chi connectivity index (χ1n) is 9.75. The van der Waals surface area contributed by atoms with Crippen molar-refractivity contribution in [2.45, 2.75) is 52.1 Å². The molecule has 2 aromatic rings. The van der Waals surface area contributed by atoms with Crippen molar-refractivity contribution in [1.82, 2.24) is 20.4 Å². The van der Waals surface area contributed by atoms with Crippen molar-refractivity contribution in [3.05, 3.63) is 41.5 Å². The van der Waals surface area contributed by atoms with E-state index in [4.69, 9.17) is 4.52 Å². The third-order valence-electron chi connectivity index (χ3n) is 4.77. The lowest BCUT2D eigenvalue weighted by atomic mass is 10.1. The number of aryl methyl sites for hydroxylation is 1. The summed E-state index contributed by atoms with van der Waals surface area (Å²) in [6.45, 7) is 4.32. The number of rotatable bonds is 6. The molecule has 0 radical (unpaired) electrons. The predicted molar refractivity (Wildman–Crippen MR) is 105 cm³/mol. The first kappa shape index (κ1) is 20.5. The summed E-state index contributed by atoms with van der Waals surface area (Å²) in [5.74, 6) is 0.768. The number of aromatic nitrogens is 2. The lowest BCUT2D eigenvalue weighted by molar-refractivity contribution is -0.133. The van der Waals surface area contributed by atoms with Crippen LogP contribution in [0.2, 0.25) is 0 Å². The first-order valence-corrected chi connectivity index (χ1v) is 9.75. The molecule has 1 atom stereocenters. The third-order valence-corrected chi connectivity index (χ3v) is 4.77. The van der Waals surface area contributed by atoms with Crippen LogP contribution in [-0.2, 0) is 11.3 Å². The molecule has 0 aliphatic carbocycles. The second-order valence-corrected chi connectivity index (χ2v) is 7.00. The van der Waals surface area contributed by atoms with Gasteiger partial charge in [0.15, 0.2) is 11.6 Å². The highest BCUT2D eigenvalue weighted by Crippen LogP contribution is 2.16. The molecule has 3 amide bonds. The van der Waals surface area contributed by atoms with E-state index in [1.54, 1.807) is 43.0 Å². The molecule has 0 spiro atoms. The highest BCUT2D eigenvalue weighted by atomic mass is 16.5. The quantitative estimate of drug-likeness (QED) is 0.721. The zero-order valence-electron chi connectivity index (χ0n) is 16.6. The smallest absolute Gasteiger partial charge is 0.319 e. The van der Waals surface area contributed by atoms with Crippen molar-refractivity contribution < 1.29 is 18.9 Å². The summed E-state index contributed by atoms with van der Waals surface area (Å²) in [6, 6.07) is 5.60. The molecule has 0 saturated carbocycles. The second-order valence-electron chi connectivity index (χ2n) is 7.00. The largest absolute Gasteiger partial charge is 0.337 e. The van der Waals surface area contributed by atoms with Gasteiger partial charge in [-0.3, -0.25) is 9.59 Å². The van der Waals surface area contributed by atoms with Gasteiger partial charge in [0.25, 0.3) is 0 Å². The predicted octanol–water partition coefficient (Wildman–Crippen LogP) is 2.67. The fourth-order valence-corrected chi connectivity index (χ4v) is 3.23. The van der Waals surface area contributed by atoms with E-state index in [-0.39, 0.29) is 18.2 Å². The van der Waals surface area contributed by atoms with Crippen LogP contribution in [0.5, 0.6) is 0 Å². The Balaban J connectivity index is 1.59. The molecule has 9 heteroatoms. The van der Waals surface area contributed by atoms with E-state index in [0.29, 0.717) is 42.4 Å². The molecule has 1 aromatic heterocycles. The van der Waals surface area contributed by atoms with Crippen molar-refractivity contribution in [3.8, 4) is 0 Å². The number of urea groups is 1. The Labute approximate surface area is 168 Å². The Hall–Kier alpha value is -3.23. The summed E-state index contributed by atoms with van der Waals surface area (Å²) >= 11 is 0. The average Bonchev–Trinajstić information content (AvgIpc) is 3.05. The number of benzene rings is 1. The topological polar surface area (TPSA) is 117 Å². The maximum atomic E-state index is 12.9. The van der Waals surface area contributed by atoms with Gasteiger partial charge in [-0.25, -0.2) is 4.79 Å². The lowest BCUT2D eigenvalue weighted by Gasteiger charge is -2.23. The standard InChI is InChI=1S/C20H25N5O4/c1-3-17(26)14-7-9-15(10-8-14)22-20(28)23-16-6-4-5-11-25(19(16)27)12-18-21-13(2)24-29-18/h7-10,16H,3-6,11-12H2,1-2H3,(H2,22,23,28)/t16-/m0/s1. The summed E-state index contributed by atoms with van der Waals surface area (Å²) in [5.41, 5.74) is 1.15. The number of ketones is 1. The average molecular weight is 399 g/mol. The third kappa shape index (κ3) is 5.40. The van der Waals surface area contributed by atoms with Crippen LogP contribution < -0.4 is 10.6 Å². The highest BCUT2D eigenvalue weighted by Gasteiger charge is 2.29. The van der Waals surface area contributed by atoms with Gasteiger partial charge in [0.05, 0.1) is 0 Å². The van der Waals surface area contributed by atoms with E-state index in [2.05, 4.69) is 20.8 Å². The van der Waals surface area contributed by atoms with Crippen LogP contribution in [0.15, 0.2) is 28.8 Å². The molecular formula is C20H25N5O4. The highest BCUT2D eigenvalue weighted by molar-refractivity contribution is 5.97. The van der Waals surface area contributed by atoms with Gasteiger partial charge >= 0.3 is 6.03 Å². The fourth-order valence-electron chi connectivity index (χ4n) is 3.23. The van der Waals surface area contributed by atoms with Crippen molar-refractivity contribution >= 4 is 23.4 Å². The van der Waals surface area contributed by atoms with E-state index >= 15 is 0 Å². The summed E-state index contributed by atoms with van der Waals surface area (Å²) in [7, 11) is 0. The summed E-state index contributed by atoms with van der Waals surface area (Å²) in [4.78, 5) is 42.7. The maximum Gasteiger partial charge on any atom is 0.319 e. The zero-order valence-corrected chi connectivity index (χ0v) is 16.6. The van der Waals surface area contributed by atoms with Gasteiger partial charge in [0, 0.05) is 24.2 Å². The van der Waals surface area contributed by atoms with Gasteiger partial charge in [0.2, 0.25) is 11.8 Å². The van der Waals surface area contributed by atoms with E-state index < -0.39 is 12.1 Å². The van der Waals surface area contributed by atoms with Crippen molar-refractivity contribution in [1.29, 1.82) is 0 Å². The zero-order chi connectivity index (χ0) is 20.8. The Kier molecular flexibility index (Phi) is 6.58. The maximum absolute atomic E-state index is 12.9. The summed E-state index contributed by atoms with van der Waals surface area (Å²) in [6.07, 6.45) is 2.65. The van der Waals surface area contributed by atoms with Crippen molar-refractivity contribution in [2.75, 3.05) is 11.9 Å². The fraction of sp³-hybridized carbons (Fsp3) is 0.450. The van der Waals surface area contributed by atoms with E-state index in [0.717, 1.165) is 12.8 Å². The summed E-state index contributed by atoms with van der Waals surface area (Å²) < 4.78 is 5.11. The van der Waals surface area contributed by atoms with Crippen LogP contribution in [0.1, 0.15) is 54.7 Å². The van der Waals surface area contributed by atoms with Crippen LogP contribution in [0.4, 0.5) is 10.5 Å². The Morgan fingerprint density at radius 2 is 2.00 bits per heavy atom. The van der Waals surface area contributed by atoms with Gasteiger partial charge in [-0.05, 0) is 50.5 Å². The van der Waals surface area contributed by atoms with Crippen LogP contribution in [0.25, 0.3) is 0 Å². The molecular weight excluding hydrogens is 374 g/mol. The lowest BCUT2D eigenvalue weighted by Crippen LogP contribution is -2.48. The SMILES string of the molecule is CCC(=O)c1ccc(NC(=O)N[C@H]2CCCCN(Cc3nc(C)no3)C2=O)cc1. The van der Waals surface area contributed by atoms with Gasteiger partial charge < -0.3 is 20.1 Å². The van der Waals surface area contributed by atoms with Gasteiger partial charge in [0.1, 0.15) is 12.6 Å². The Bertz CT molecular complexity index is 877. The van der Waals surface area contributed by atoms with E-state index in [1.165, 1.54) is 0 Å². The van der Waals surface area contributed by atoms with Gasteiger partial charge in [-0.1, -0.05) is 12.1 Å². The molecule has 1 aromatic carbocycles. The van der Waals surface area contributed by atoms with Gasteiger partial charge in [-0.15, -0.1) is 0 Å². The molecule has 1 fully saturated rings. The molecule has 3 rings (SSSR count). The number of amides is 3. The van der Waals surface area contributed by atoms with Crippen LogP contribution >= 0.6 is 0 Å². The molecule has 154 valence electrons. The molecule has 2 N–H and O–H groups in total. The minimum atomic E-state index is -0.623. The molecule has 29 heavy (non-hydrogen) atoms. The number of Topliss-reactive ketones (excluding diaryl/α,β-unsaturated/α-hetero) is 1.